The molecule has 4 rings (SSSR count). The molecule has 0 fully saturated rings. The van der Waals surface area contributed by atoms with E-state index in [-0.39, 0.29) is 5.56 Å². The number of thiocarbonyl (C=S) groups is 1. The SMILES string of the molecule is Cc1cc(C)c2[nH]c(=O)c(CN(Cc3ccco3)C(=S)NCc3ccco3)cc2c1. The van der Waals surface area contributed by atoms with Crippen LogP contribution in [0, 0.1) is 13.8 Å². The zero-order valence-electron chi connectivity index (χ0n) is 16.9. The molecule has 3 aromatic heterocycles. The molecule has 154 valence electrons. The number of rotatable bonds is 6. The summed E-state index contributed by atoms with van der Waals surface area (Å²) in [7, 11) is 0. The second-order valence-electron chi connectivity index (χ2n) is 7.34. The molecular formula is C23H23N3O3S. The molecule has 2 N–H and O–H groups in total. The summed E-state index contributed by atoms with van der Waals surface area (Å²) in [6.07, 6.45) is 3.25. The Morgan fingerprint density at radius 1 is 1.07 bits per heavy atom. The van der Waals surface area contributed by atoms with Gasteiger partial charge in [0.1, 0.15) is 11.5 Å². The summed E-state index contributed by atoms with van der Waals surface area (Å²) < 4.78 is 10.9. The second kappa shape index (κ2) is 8.59. The molecule has 0 unspecified atom stereocenters. The van der Waals surface area contributed by atoms with E-state index in [9.17, 15) is 4.79 Å². The Bertz CT molecular complexity index is 1210. The standard InChI is InChI=1S/C23H23N3O3S/c1-15-9-16(2)21-17(10-15)11-18(22(27)25-21)13-26(14-20-6-4-8-29-20)23(30)24-12-19-5-3-7-28-19/h3-11H,12-14H2,1-2H3,(H,24,30)(H,25,27). The number of nitrogens with zero attached hydrogens (tertiary/aromatic N) is 1. The van der Waals surface area contributed by atoms with Crippen LogP contribution < -0.4 is 10.9 Å². The fraction of sp³-hybridized carbons (Fsp3) is 0.217. The van der Waals surface area contributed by atoms with Crippen molar-refractivity contribution in [3.05, 3.63) is 93.6 Å². The van der Waals surface area contributed by atoms with Crippen molar-refractivity contribution in [3.63, 3.8) is 0 Å². The first kappa shape index (κ1) is 20.0. The van der Waals surface area contributed by atoms with Gasteiger partial charge in [-0.15, -0.1) is 0 Å². The Hall–Kier alpha value is -3.32. The van der Waals surface area contributed by atoms with Gasteiger partial charge in [0.2, 0.25) is 0 Å². The van der Waals surface area contributed by atoms with E-state index in [1.165, 1.54) is 0 Å². The Morgan fingerprint density at radius 3 is 2.50 bits per heavy atom. The highest BCUT2D eigenvalue weighted by molar-refractivity contribution is 7.80. The fourth-order valence-corrected chi connectivity index (χ4v) is 3.73. The predicted octanol–water partition coefficient (Wildman–Crippen LogP) is 4.41. The van der Waals surface area contributed by atoms with Crippen LogP contribution in [0.4, 0.5) is 0 Å². The smallest absolute Gasteiger partial charge is 0.253 e. The molecule has 0 atom stereocenters. The van der Waals surface area contributed by atoms with E-state index in [0.29, 0.717) is 30.3 Å². The van der Waals surface area contributed by atoms with Crippen LogP contribution in [-0.2, 0) is 19.6 Å². The number of aromatic amines is 1. The lowest BCUT2D eigenvalue weighted by molar-refractivity contribution is 0.348. The molecule has 30 heavy (non-hydrogen) atoms. The van der Waals surface area contributed by atoms with Gasteiger partial charge >= 0.3 is 0 Å². The van der Waals surface area contributed by atoms with E-state index in [2.05, 4.69) is 22.4 Å². The van der Waals surface area contributed by atoms with Crippen LogP contribution in [0.25, 0.3) is 10.9 Å². The van der Waals surface area contributed by atoms with Crippen molar-refractivity contribution in [3.8, 4) is 0 Å². The fourth-order valence-electron chi connectivity index (χ4n) is 3.53. The van der Waals surface area contributed by atoms with Crippen molar-refractivity contribution in [1.82, 2.24) is 15.2 Å². The summed E-state index contributed by atoms with van der Waals surface area (Å²) in [5.74, 6) is 1.55. The van der Waals surface area contributed by atoms with Gasteiger partial charge in [0.25, 0.3) is 5.56 Å². The molecule has 0 spiro atoms. The molecule has 0 radical (unpaired) electrons. The summed E-state index contributed by atoms with van der Waals surface area (Å²) >= 11 is 5.62. The van der Waals surface area contributed by atoms with Crippen LogP contribution in [0.2, 0.25) is 0 Å². The third-order valence-corrected chi connectivity index (χ3v) is 5.34. The number of hydrogen-bond donors (Lipinski definition) is 2. The van der Waals surface area contributed by atoms with Gasteiger partial charge in [0, 0.05) is 5.56 Å². The topological polar surface area (TPSA) is 74.4 Å². The maximum absolute atomic E-state index is 12.8. The molecule has 0 amide bonds. The maximum atomic E-state index is 12.8. The van der Waals surface area contributed by atoms with E-state index in [4.69, 9.17) is 21.1 Å². The van der Waals surface area contributed by atoms with Gasteiger partial charge in [-0.2, -0.15) is 0 Å². The first-order chi connectivity index (χ1) is 14.5. The van der Waals surface area contributed by atoms with Gasteiger partial charge in [-0.1, -0.05) is 11.6 Å². The predicted molar refractivity (Wildman–Crippen MR) is 120 cm³/mol. The lowest BCUT2D eigenvalue weighted by Gasteiger charge is -2.25. The highest BCUT2D eigenvalue weighted by atomic mass is 32.1. The molecule has 0 aliphatic rings. The van der Waals surface area contributed by atoms with Crippen molar-refractivity contribution in [2.24, 2.45) is 0 Å². The average molecular weight is 422 g/mol. The molecule has 3 heterocycles. The largest absolute Gasteiger partial charge is 0.467 e. The first-order valence-electron chi connectivity index (χ1n) is 9.70. The minimum atomic E-state index is -0.118. The number of hydrogen-bond acceptors (Lipinski definition) is 4. The third kappa shape index (κ3) is 4.46. The van der Waals surface area contributed by atoms with Gasteiger partial charge in [-0.3, -0.25) is 4.79 Å². The van der Waals surface area contributed by atoms with Gasteiger partial charge in [0.15, 0.2) is 5.11 Å². The van der Waals surface area contributed by atoms with Gasteiger partial charge in [-0.25, -0.2) is 0 Å². The maximum Gasteiger partial charge on any atom is 0.253 e. The highest BCUT2D eigenvalue weighted by Crippen LogP contribution is 2.19. The summed E-state index contributed by atoms with van der Waals surface area (Å²) in [5, 5.41) is 4.73. The third-order valence-electron chi connectivity index (χ3n) is 4.94. The van der Waals surface area contributed by atoms with Crippen LogP contribution in [-0.4, -0.2) is 15.0 Å². The average Bonchev–Trinajstić information content (AvgIpc) is 3.41. The van der Waals surface area contributed by atoms with Crippen LogP contribution in [0.5, 0.6) is 0 Å². The molecule has 7 heteroatoms. The van der Waals surface area contributed by atoms with E-state index < -0.39 is 0 Å². The zero-order chi connectivity index (χ0) is 21.1. The Balaban J connectivity index is 1.61. The first-order valence-corrected chi connectivity index (χ1v) is 10.1. The number of fused-ring (bicyclic) bond motifs is 1. The number of H-pyrrole nitrogens is 1. The van der Waals surface area contributed by atoms with Gasteiger partial charge < -0.3 is 24.0 Å². The molecule has 0 aliphatic carbocycles. The van der Waals surface area contributed by atoms with Gasteiger partial charge in [-0.05, 0) is 73.4 Å². The van der Waals surface area contributed by atoms with E-state index >= 15 is 0 Å². The van der Waals surface area contributed by atoms with Gasteiger partial charge in [0.05, 0.1) is 37.7 Å². The second-order valence-corrected chi connectivity index (χ2v) is 7.73. The number of pyridine rings is 1. The lowest BCUT2D eigenvalue weighted by atomic mass is 10.1. The minimum absolute atomic E-state index is 0.118. The Morgan fingerprint density at radius 2 is 1.80 bits per heavy atom. The summed E-state index contributed by atoms with van der Waals surface area (Å²) in [6.45, 7) is 5.31. The van der Waals surface area contributed by atoms with E-state index in [1.54, 1.807) is 12.5 Å². The molecule has 4 aromatic rings. The van der Waals surface area contributed by atoms with Crippen LogP contribution in [0.15, 0.2) is 68.6 Å². The zero-order valence-corrected chi connectivity index (χ0v) is 17.7. The monoisotopic (exact) mass is 421 g/mol. The van der Waals surface area contributed by atoms with Crippen LogP contribution in [0.1, 0.15) is 28.2 Å². The number of benzene rings is 1. The molecule has 0 aliphatic heterocycles. The van der Waals surface area contributed by atoms with Crippen molar-refractivity contribution >= 4 is 28.2 Å². The normalized spacial score (nSPS) is 11.0. The van der Waals surface area contributed by atoms with Crippen LogP contribution in [0.3, 0.4) is 0 Å². The summed E-state index contributed by atoms with van der Waals surface area (Å²) in [6, 6.07) is 13.5. The Labute approximate surface area is 179 Å². The van der Waals surface area contributed by atoms with Crippen molar-refractivity contribution < 1.29 is 8.83 Å². The van der Waals surface area contributed by atoms with E-state index in [1.807, 2.05) is 49.1 Å². The number of furan rings is 2. The van der Waals surface area contributed by atoms with Crippen LogP contribution >= 0.6 is 12.2 Å². The van der Waals surface area contributed by atoms with Crippen molar-refractivity contribution in [2.75, 3.05) is 0 Å². The number of aryl methyl sites for hydroxylation is 2. The lowest BCUT2D eigenvalue weighted by Crippen LogP contribution is -2.39. The quantitative estimate of drug-likeness (QED) is 0.449. The molecule has 0 saturated heterocycles. The van der Waals surface area contributed by atoms with Crippen molar-refractivity contribution in [1.29, 1.82) is 0 Å². The molecule has 1 aromatic carbocycles. The Kier molecular flexibility index (Phi) is 5.72. The molecule has 0 saturated carbocycles. The van der Waals surface area contributed by atoms with E-state index in [0.717, 1.165) is 33.6 Å². The minimum Gasteiger partial charge on any atom is -0.467 e. The number of nitrogens with one attached hydrogen (secondary N) is 2. The highest BCUT2D eigenvalue weighted by Gasteiger charge is 2.16. The molecular weight excluding hydrogens is 398 g/mol. The van der Waals surface area contributed by atoms with Crippen molar-refractivity contribution in [2.45, 2.75) is 33.5 Å². The molecule has 6 nitrogen and oxygen atoms in total. The number of aromatic nitrogens is 1. The summed E-state index contributed by atoms with van der Waals surface area (Å²) in [4.78, 5) is 17.7. The molecule has 0 bridgehead atoms. The summed E-state index contributed by atoms with van der Waals surface area (Å²) in [5.41, 5.74) is 3.59.